The second kappa shape index (κ2) is 7.29. The Kier molecular flexibility index (Phi) is 6.02. The van der Waals surface area contributed by atoms with Crippen LogP contribution in [0.1, 0.15) is 45.6 Å². The van der Waals surface area contributed by atoms with Crippen LogP contribution in [0.25, 0.3) is 0 Å². The first-order valence-corrected chi connectivity index (χ1v) is 7.01. The first-order chi connectivity index (χ1) is 9.37. The molecule has 0 aromatic heterocycles. The Morgan fingerprint density at radius 2 is 1.95 bits per heavy atom. The van der Waals surface area contributed by atoms with Gasteiger partial charge in [-0.05, 0) is 45.9 Å². The maximum absolute atomic E-state index is 12.0. The van der Waals surface area contributed by atoms with Gasteiger partial charge in [-0.25, -0.2) is 0 Å². The van der Waals surface area contributed by atoms with E-state index in [0.29, 0.717) is 13.2 Å². The largest absolute Gasteiger partial charge is 0.494 e. The van der Waals surface area contributed by atoms with Crippen LogP contribution >= 0.6 is 0 Å². The van der Waals surface area contributed by atoms with E-state index >= 15 is 0 Å². The van der Waals surface area contributed by atoms with Crippen molar-refractivity contribution in [2.75, 3.05) is 13.2 Å². The smallest absolute Gasteiger partial charge is 0.306 e. The first kappa shape index (κ1) is 16.5. The molecule has 0 heterocycles. The third-order valence-corrected chi connectivity index (χ3v) is 2.78. The number of hydrogen-bond acceptors (Lipinski definition) is 4. The topological polar surface area (TPSA) is 61.5 Å². The van der Waals surface area contributed by atoms with E-state index in [-0.39, 0.29) is 18.3 Å². The van der Waals surface area contributed by atoms with Crippen LogP contribution in [0.15, 0.2) is 24.3 Å². The van der Waals surface area contributed by atoms with Crippen molar-refractivity contribution in [2.45, 2.75) is 45.6 Å². The summed E-state index contributed by atoms with van der Waals surface area (Å²) < 4.78 is 11.0. The van der Waals surface area contributed by atoms with Gasteiger partial charge in [0.15, 0.2) is 0 Å². The van der Waals surface area contributed by atoms with Crippen LogP contribution < -0.4 is 10.5 Å². The van der Waals surface area contributed by atoms with Gasteiger partial charge in [-0.2, -0.15) is 0 Å². The lowest BCUT2D eigenvalue weighted by molar-refractivity contribution is -0.155. The summed E-state index contributed by atoms with van der Waals surface area (Å²) in [6.45, 7) is 8.47. The summed E-state index contributed by atoms with van der Waals surface area (Å²) in [5.41, 5.74) is 6.30. The average molecular weight is 279 g/mol. The molecule has 1 unspecified atom stereocenters. The molecule has 1 rings (SSSR count). The molecule has 1 aromatic carbocycles. The third kappa shape index (κ3) is 5.21. The van der Waals surface area contributed by atoms with Gasteiger partial charge in [0.25, 0.3) is 0 Å². The molecule has 0 aliphatic heterocycles. The van der Waals surface area contributed by atoms with Gasteiger partial charge in [0.1, 0.15) is 11.4 Å². The summed E-state index contributed by atoms with van der Waals surface area (Å²) in [5.74, 6) is 0.459. The van der Waals surface area contributed by atoms with E-state index in [4.69, 9.17) is 15.2 Å². The molecule has 0 amide bonds. The van der Waals surface area contributed by atoms with Crippen LogP contribution in [-0.2, 0) is 9.53 Å². The lowest BCUT2D eigenvalue weighted by Gasteiger charge is -2.23. The van der Waals surface area contributed by atoms with Gasteiger partial charge in [-0.1, -0.05) is 18.2 Å². The SMILES string of the molecule is CCOc1ccccc1C(CN)CC(=O)OC(C)(C)C. The van der Waals surface area contributed by atoms with Gasteiger partial charge < -0.3 is 15.2 Å². The Balaban J connectivity index is 2.83. The van der Waals surface area contributed by atoms with E-state index < -0.39 is 5.60 Å². The molecule has 0 aliphatic carbocycles. The van der Waals surface area contributed by atoms with Crippen LogP contribution in [0, 0.1) is 0 Å². The van der Waals surface area contributed by atoms with Crippen molar-refractivity contribution in [3.63, 3.8) is 0 Å². The molecule has 0 spiro atoms. The summed E-state index contributed by atoms with van der Waals surface area (Å²) in [7, 11) is 0. The van der Waals surface area contributed by atoms with E-state index in [1.807, 2.05) is 52.0 Å². The number of rotatable bonds is 6. The number of ether oxygens (including phenoxy) is 2. The molecule has 1 atom stereocenters. The van der Waals surface area contributed by atoms with E-state index in [9.17, 15) is 4.79 Å². The van der Waals surface area contributed by atoms with Gasteiger partial charge >= 0.3 is 5.97 Å². The van der Waals surface area contributed by atoms with Gasteiger partial charge in [-0.15, -0.1) is 0 Å². The predicted molar refractivity (Wildman–Crippen MR) is 79.9 cm³/mol. The van der Waals surface area contributed by atoms with Crippen molar-refractivity contribution in [1.29, 1.82) is 0 Å². The van der Waals surface area contributed by atoms with Gasteiger partial charge in [0, 0.05) is 5.92 Å². The van der Waals surface area contributed by atoms with Crippen LogP contribution in [0.3, 0.4) is 0 Å². The average Bonchev–Trinajstić information content (AvgIpc) is 2.35. The van der Waals surface area contributed by atoms with Crippen LogP contribution in [-0.4, -0.2) is 24.7 Å². The van der Waals surface area contributed by atoms with Crippen LogP contribution in [0.4, 0.5) is 0 Å². The second-order valence-electron chi connectivity index (χ2n) is 5.69. The predicted octanol–water partition coefficient (Wildman–Crippen LogP) is 2.86. The highest BCUT2D eigenvalue weighted by Gasteiger charge is 2.22. The fourth-order valence-electron chi connectivity index (χ4n) is 2.01. The van der Waals surface area contributed by atoms with Crippen molar-refractivity contribution >= 4 is 5.97 Å². The van der Waals surface area contributed by atoms with Gasteiger partial charge in [-0.3, -0.25) is 4.79 Å². The highest BCUT2D eigenvalue weighted by atomic mass is 16.6. The fraction of sp³-hybridized carbons (Fsp3) is 0.562. The highest BCUT2D eigenvalue weighted by Crippen LogP contribution is 2.29. The zero-order valence-electron chi connectivity index (χ0n) is 12.8. The third-order valence-electron chi connectivity index (χ3n) is 2.78. The standard InChI is InChI=1S/C16H25NO3/c1-5-19-14-9-7-6-8-13(14)12(11-17)10-15(18)20-16(2,3)4/h6-9,12H,5,10-11,17H2,1-4H3. The Bertz CT molecular complexity index is 438. The van der Waals surface area contributed by atoms with Crippen molar-refractivity contribution in [2.24, 2.45) is 5.73 Å². The van der Waals surface area contributed by atoms with E-state index in [1.165, 1.54) is 0 Å². The Hall–Kier alpha value is -1.55. The quantitative estimate of drug-likeness (QED) is 0.813. The number of nitrogens with two attached hydrogens (primary N) is 1. The van der Waals surface area contributed by atoms with E-state index in [1.54, 1.807) is 0 Å². The maximum Gasteiger partial charge on any atom is 0.306 e. The monoisotopic (exact) mass is 279 g/mol. The zero-order chi connectivity index (χ0) is 15.2. The highest BCUT2D eigenvalue weighted by molar-refractivity contribution is 5.71. The zero-order valence-corrected chi connectivity index (χ0v) is 12.8. The van der Waals surface area contributed by atoms with E-state index in [2.05, 4.69) is 0 Å². The summed E-state index contributed by atoms with van der Waals surface area (Å²) >= 11 is 0. The Labute approximate surface area is 121 Å². The number of carbonyl (C=O) groups is 1. The molecule has 0 fully saturated rings. The molecule has 1 aromatic rings. The number of hydrogen-bond donors (Lipinski definition) is 1. The molecular weight excluding hydrogens is 254 g/mol. The number of carbonyl (C=O) groups excluding carboxylic acids is 1. The minimum atomic E-state index is -0.477. The molecular formula is C16H25NO3. The van der Waals surface area contributed by atoms with Crippen molar-refractivity contribution in [1.82, 2.24) is 0 Å². The minimum absolute atomic E-state index is 0.0902. The molecule has 4 nitrogen and oxygen atoms in total. The molecule has 2 N–H and O–H groups in total. The van der Waals surface area contributed by atoms with Crippen molar-refractivity contribution < 1.29 is 14.3 Å². The maximum atomic E-state index is 12.0. The minimum Gasteiger partial charge on any atom is -0.494 e. The summed E-state index contributed by atoms with van der Waals surface area (Å²) in [6.07, 6.45) is 0.262. The summed E-state index contributed by atoms with van der Waals surface area (Å²) in [5, 5.41) is 0. The lowest BCUT2D eigenvalue weighted by atomic mass is 9.95. The van der Waals surface area contributed by atoms with Gasteiger partial charge in [0.2, 0.25) is 0 Å². The molecule has 0 saturated carbocycles. The van der Waals surface area contributed by atoms with Crippen LogP contribution in [0.5, 0.6) is 5.75 Å². The van der Waals surface area contributed by atoms with Crippen molar-refractivity contribution in [3.8, 4) is 5.75 Å². The Morgan fingerprint density at radius 1 is 1.30 bits per heavy atom. The number of esters is 1. The van der Waals surface area contributed by atoms with Crippen LogP contribution in [0.2, 0.25) is 0 Å². The molecule has 20 heavy (non-hydrogen) atoms. The fourth-order valence-corrected chi connectivity index (χ4v) is 2.01. The van der Waals surface area contributed by atoms with E-state index in [0.717, 1.165) is 11.3 Å². The number of para-hydroxylation sites is 1. The summed E-state index contributed by atoms with van der Waals surface area (Å²) in [4.78, 5) is 12.0. The molecule has 0 radical (unpaired) electrons. The molecule has 0 bridgehead atoms. The van der Waals surface area contributed by atoms with Crippen molar-refractivity contribution in [3.05, 3.63) is 29.8 Å². The second-order valence-corrected chi connectivity index (χ2v) is 5.69. The normalized spacial score (nSPS) is 12.8. The number of benzene rings is 1. The summed E-state index contributed by atoms with van der Waals surface area (Å²) in [6, 6.07) is 7.69. The lowest BCUT2D eigenvalue weighted by Crippen LogP contribution is -2.26. The molecule has 0 aliphatic rings. The first-order valence-electron chi connectivity index (χ1n) is 7.01. The molecule has 0 saturated heterocycles. The Morgan fingerprint density at radius 3 is 2.50 bits per heavy atom. The molecule has 4 heteroatoms. The molecule has 112 valence electrons. The van der Waals surface area contributed by atoms with Gasteiger partial charge in [0.05, 0.1) is 13.0 Å².